The SMILES string of the molecule is C1CCCCCC1.CC.CN1CCCCC1. The van der Waals surface area contributed by atoms with Crippen LogP contribution in [0, 0.1) is 0 Å². The number of hydrogen-bond donors (Lipinski definition) is 0. The maximum Gasteiger partial charge on any atom is -0.00218 e. The van der Waals surface area contributed by atoms with Gasteiger partial charge in [0.2, 0.25) is 0 Å². The molecule has 0 aromatic rings. The average Bonchev–Trinajstić information content (AvgIpc) is 2.65. The minimum atomic E-state index is 1.32. The van der Waals surface area contributed by atoms with Crippen LogP contribution in [0.15, 0.2) is 0 Å². The Kier molecular flexibility index (Phi) is 13.0. The van der Waals surface area contributed by atoms with E-state index in [0.717, 1.165) is 0 Å². The van der Waals surface area contributed by atoms with Crippen LogP contribution in [-0.4, -0.2) is 25.0 Å². The molecule has 1 nitrogen and oxygen atoms in total. The van der Waals surface area contributed by atoms with Gasteiger partial charge in [-0.05, 0) is 33.0 Å². The fourth-order valence-corrected chi connectivity index (χ4v) is 2.29. The Morgan fingerprint density at radius 2 is 0.750 bits per heavy atom. The predicted octanol–water partition coefficient (Wildman–Crippen LogP) is 4.86. The highest BCUT2D eigenvalue weighted by Crippen LogP contribution is 2.15. The van der Waals surface area contributed by atoms with Crippen molar-refractivity contribution in [2.24, 2.45) is 0 Å². The highest BCUT2D eigenvalue weighted by atomic mass is 15.1. The van der Waals surface area contributed by atoms with Crippen molar-refractivity contribution in [3.05, 3.63) is 0 Å². The van der Waals surface area contributed by atoms with E-state index in [-0.39, 0.29) is 0 Å². The van der Waals surface area contributed by atoms with Gasteiger partial charge in [-0.25, -0.2) is 0 Å². The minimum Gasteiger partial charge on any atom is -0.306 e. The number of piperidine rings is 1. The molecule has 0 bridgehead atoms. The van der Waals surface area contributed by atoms with Crippen LogP contribution in [0.1, 0.15) is 78.1 Å². The van der Waals surface area contributed by atoms with Crippen LogP contribution >= 0.6 is 0 Å². The molecule has 1 aliphatic heterocycles. The molecule has 0 aromatic carbocycles. The lowest BCUT2D eigenvalue weighted by Gasteiger charge is -2.20. The van der Waals surface area contributed by atoms with Crippen LogP contribution < -0.4 is 0 Å². The van der Waals surface area contributed by atoms with Gasteiger partial charge in [0.05, 0.1) is 0 Å². The van der Waals surface area contributed by atoms with Crippen LogP contribution in [0.4, 0.5) is 0 Å². The zero-order valence-corrected chi connectivity index (χ0v) is 11.9. The normalized spacial score (nSPS) is 21.9. The Hall–Kier alpha value is -0.0400. The molecule has 2 rings (SSSR count). The van der Waals surface area contributed by atoms with Gasteiger partial charge < -0.3 is 4.90 Å². The van der Waals surface area contributed by atoms with Gasteiger partial charge in [-0.1, -0.05) is 65.2 Å². The topological polar surface area (TPSA) is 3.24 Å². The van der Waals surface area contributed by atoms with Crippen molar-refractivity contribution in [3.63, 3.8) is 0 Å². The molecular weight excluding hydrogens is 194 g/mol. The molecule has 0 N–H and O–H groups in total. The molecule has 0 aromatic heterocycles. The highest BCUT2D eigenvalue weighted by molar-refractivity contribution is 4.58. The molecule has 0 radical (unpaired) electrons. The fraction of sp³-hybridized carbons (Fsp3) is 1.00. The molecule has 0 amide bonds. The molecule has 16 heavy (non-hydrogen) atoms. The van der Waals surface area contributed by atoms with E-state index in [2.05, 4.69) is 11.9 Å². The standard InChI is InChI=1S/C7H14.C6H13N.C2H6/c1-2-4-6-7-5-3-1;1-7-5-3-2-4-6-7;1-2/h1-7H2;2-6H2,1H3;1-2H3. The van der Waals surface area contributed by atoms with E-state index in [0.29, 0.717) is 0 Å². The maximum atomic E-state index is 2.39. The van der Waals surface area contributed by atoms with E-state index in [1.165, 1.54) is 77.3 Å². The molecule has 1 saturated carbocycles. The highest BCUT2D eigenvalue weighted by Gasteiger charge is 2.02. The van der Waals surface area contributed by atoms with Gasteiger partial charge in [-0.2, -0.15) is 0 Å². The second-order valence-corrected chi connectivity index (χ2v) is 4.84. The zero-order valence-electron chi connectivity index (χ0n) is 11.9. The lowest BCUT2D eigenvalue weighted by atomic mass is 10.1. The van der Waals surface area contributed by atoms with E-state index in [9.17, 15) is 0 Å². The van der Waals surface area contributed by atoms with Crippen molar-refractivity contribution >= 4 is 0 Å². The molecular formula is C15H33N. The van der Waals surface area contributed by atoms with Crippen LogP contribution in [0.25, 0.3) is 0 Å². The molecule has 0 atom stereocenters. The third-order valence-corrected chi connectivity index (χ3v) is 3.33. The number of nitrogens with zero attached hydrogens (tertiary/aromatic N) is 1. The summed E-state index contributed by atoms with van der Waals surface area (Å²) in [6.07, 6.45) is 14.8. The smallest absolute Gasteiger partial charge is 0.00218 e. The fourth-order valence-electron chi connectivity index (χ4n) is 2.29. The van der Waals surface area contributed by atoms with Crippen LogP contribution in [0.2, 0.25) is 0 Å². The van der Waals surface area contributed by atoms with Crippen LogP contribution in [-0.2, 0) is 0 Å². The van der Waals surface area contributed by atoms with Gasteiger partial charge in [0, 0.05) is 0 Å². The van der Waals surface area contributed by atoms with E-state index < -0.39 is 0 Å². The van der Waals surface area contributed by atoms with E-state index in [1.807, 2.05) is 13.8 Å². The van der Waals surface area contributed by atoms with Crippen molar-refractivity contribution in [2.45, 2.75) is 78.1 Å². The Labute approximate surface area is 104 Å². The molecule has 98 valence electrons. The molecule has 1 aliphatic carbocycles. The summed E-state index contributed by atoms with van der Waals surface area (Å²) in [5.74, 6) is 0. The summed E-state index contributed by atoms with van der Waals surface area (Å²) < 4.78 is 0. The van der Waals surface area contributed by atoms with Crippen LogP contribution in [0.5, 0.6) is 0 Å². The first-order chi connectivity index (χ1) is 7.89. The summed E-state index contributed by atoms with van der Waals surface area (Å²) in [7, 11) is 2.19. The van der Waals surface area contributed by atoms with Crippen molar-refractivity contribution in [2.75, 3.05) is 20.1 Å². The van der Waals surface area contributed by atoms with Gasteiger partial charge in [0.25, 0.3) is 0 Å². The first-order valence-corrected chi connectivity index (χ1v) is 7.58. The van der Waals surface area contributed by atoms with Gasteiger partial charge >= 0.3 is 0 Å². The Morgan fingerprint density at radius 1 is 0.500 bits per heavy atom. The monoisotopic (exact) mass is 227 g/mol. The minimum absolute atomic E-state index is 1.32. The lowest BCUT2D eigenvalue weighted by molar-refractivity contribution is 0.277. The quantitative estimate of drug-likeness (QED) is 0.534. The molecule has 2 fully saturated rings. The van der Waals surface area contributed by atoms with Gasteiger partial charge in [-0.15, -0.1) is 0 Å². The number of likely N-dealkylation sites (tertiary alicyclic amines) is 1. The Morgan fingerprint density at radius 3 is 0.938 bits per heavy atom. The largest absolute Gasteiger partial charge is 0.306 e. The summed E-state index contributed by atoms with van der Waals surface area (Å²) >= 11 is 0. The number of rotatable bonds is 0. The Balaban J connectivity index is 0.000000244. The van der Waals surface area contributed by atoms with Gasteiger partial charge in [0.1, 0.15) is 0 Å². The van der Waals surface area contributed by atoms with Crippen molar-refractivity contribution in [1.82, 2.24) is 4.90 Å². The molecule has 0 unspecified atom stereocenters. The summed E-state index contributed by atoms with van der Waals surface area (Å²) in [6, 6.07) is 0. The summed E-state index contributed by atoms with van der Waals surface area (Å²) in [5.41, 5.74) is 0. The second kappa shape index (κ2) is 13.0. The summed E-state index contributed by atoms with van der Waals surface area (Å²) in [5, 5.41) is 0. The summed E-state index contributed by atoms with van der Waals surface area (Å²) in [6.45, 7) is 6.64. The molecule has 0 spiro atoms. The first-order valence-electron chi connectivity index (χ1n) is 7.58. The number of hydrogen-bond acceptors (Lipinski definition) is 1. The van der Waals surface area contributed by atoms with E-state index in [4.69, 9.17) is 0 Å². The summed E-state index contributed by atoms with van der Waals surface area (Å²) in [4.78, 5) is 2.39. The zero-order chi connectivity index (χ0) is 12.1. The maximum absolute atomic E-state index is 2.39. The average molecular weight is 227 g/mol. The van der Waals surface area contributed by atoms with Crippen molar-refractivity contribution in [1.29, 1.82) is 0 Å². The van der Waals surface area contributed by atoms with E-state index >= 15 is 0 Å². The molecule has 1 heteroatoms. The van der Waals surface area contributed by atoms with E-state index in [1.54, 1.807) is 0 Å². The van der Waals surface area contributed by atoms with Gasteiger partial charge in [0.15, 0.2) is 0 Å². The first kappa shape index (κ1) is 16.0. The third-order valence-electron chi connectivity index (χ3n) is 3.33. The van der Waals surface area contributed by atoms with Gasteiger partial charge in [-0.3, -0.25) is 0 Å². The third kappa shape index (κ3) is 10.5. The van der Waals surface area contributed by atoms with Crippen molar-refractivity contribution in [3.8, 4) is 0 Å². The van der Waals surface area contributed by atoms with Crippen molar-refractivity contribution < 1.29 is 0 Å². The Bertz CT molecular complexity index is 97.0. The molecule has 1 heterocycles. The predicted molar refractivity (Wildman–Crippen MR) is 75.0 cm³/mol. The van der Waals surface area contributed by atoms with Crippen LogP contribution in [0.3, 0.4) is 0 Å². The molecule has 1 saturated heterocycles. The molecule has 2 aliphatic rings. The lowest BCUT2D eigenvalue weighted by Crippen LogP contribution is -2.24. The second-order valence-electron chi connectivity index (χ2n) is 4.84.